The molecule has 1 aromatic heterocycles. The number of nitrogens with one attached hydrogen (secondary N) is 1. The average molecular weight is 377 g/mol. The Morgan fingerprint density at radius 1 is 1.45 bits per heavy atom. The molecule has 0 unspecified atom stereocenters. The van der Waals surface area contributed by atoms with Crippen LogP contribution in [0.15, 0.2) is 38.5 Å². The number of esters is 1. The Bertz CT molecular complexity index is 742. The number of carbonyl (C=O) groups is 1. The molecule has 0 fully saturated rings. The van der Waals surface area contributed by atoms with Gasteiger partial charge in [0.15, 0.2) is 9.90 Å². The van der Waals surface area contributed by atoms with Gasteiger partial charge in [-0.1, -0.05) is 22.0 Å². The molecule has 1 N–H and O–H groups in total. The molecular formula is C11H9BrN2O4S2. The van der Waals surface area contributed by atoms with E-state index in [0.717, 1.165) is 15.8 Å². The lowest BCUT2D eigenvalue weighted by atomic mass is 10.3. The highest BCUT2D eigenvalue weighted by atomic mass is 79.9. The summed E-state index contributed by atoms with van der Waals surface area (Å²) in [5.41, 5.74) is 1.44. The van der Waals surface area contributed by atoms with Gasteiger partial charge in [-0.25, -0.2) is 18.2 Å². The van der Waals surface area contributed by atoms with Gasteiger partial charge in [0, 0.05) is 10.2 Å². The van der Waals surface area contributed by atoms with Crippen LogP contribution in [0.5, 0.6) is 0 Å². The molecule has 6 nitrogen and oxygen atoms in total. The van der Waals surface area contributed by atoms with E-state index >= 15 is 0 Å². The van der Waals surface area contributed by atoms with Gasteiger partial charge in [-0.2, -0.15) is 0 Å². The van der Waals surface area contributed by atoms with Gasteiger partial charge in [-0.05, 0) is 18.2 Å². The van der Waals surface area contributed by atoms with Crippen LogP contribution in [-0.2, 0) is 14.8 Å². The van der Waals surface area contributed by atoms with Gasteiger partial charge < -0.3 is 4.74 Å². The summed E-state index contributed by atoms with van der Waals surface area (Å²) < 4.78 is 31.9. The quantitative estimate of drug-likeness (QED) is 0.828. The van der Waals surface area contributed by atoms with E-state index in [1.165, 1.54) is 12.6 Å². The van der Waals surface area contributed by atoms with Crippen molar-refractivity contribution in [1.82, 2.24) is 4.98 Å². The number of thiazole rings is 1. The van der Waals surface area contributed by atoms with Crippen LogP contribution in [-0.4, -0.2) is 26.5 Å². The number of carbonyl (C=O) groups excluding carboxylic acids is 1. The number of hydrogen-bond acceptors (Lipinski definition) is 6. The molecule has 1 heterocycles. The van der Waals surface area contributed by atoms with E-state index in [-0.39, 0.29) is 9.90 Å². The molecule has 0 saturated carbocycles. The molecular weight excluding hydrogens is 368 g/mol. The van der Waals surface area contributed by atoms with Crippen LogP contribution in [0, 0.1) is 0 Å². The summed E-state index contributed by atoms with van der Waals surface area (Å²) in [6, 6.07) is 6.66. The Labute approximate surface area is 128 Å². The number of methoxy groups -OCH3 is 1. The van der Waals surface area contributed by atoms with Crippen molar-refractivity contribution in [3.8, 4) is 0 Å². The molecule has 2 aromatic rings. The molecule has 1 aromatic carbocycles. The predicted octanol–water partition coefficient (Wildman–Crippen LogP) is 2.49. The smallest absolute Gasteiger partial charge is 0.358 e. The molecule has 0 aliphatic heterocycles. The van der Waals surface area contributed by atoms with Crippen molar-refractivity contribution in [1.29, 1.82) is 0 Å². The second kappa shape index (κ2) is 5.90. The lowest BCUT2D eigenvalue weighted by Gasteiger charge is -2.07. The van der Waals surface area contributed by atoms with Crippen LogP contribution in [0.3, 0.4) is 0 Å². The Morgan fingerprint density at radius 3 is 2.85 bits per heavy atom. The van der Waals surface area contributed by atoms with E-state index in [9.17, 15) is 13.2 Å². The van der Waals surface area contributed by atoms with E-state index in [2.05, 4.69) is 30.4 Å². The van der Waals surface area contributed by atoms with Crippen molar-refractivity contribution in [2.24, 2.45) is 0 Å². The number of rotatable bonds is 4. The lowest BCUT2D eigenvalue weighted by molar-refractivity contribution is 0.0590. The number of benzene rings is 1. The minimum atomic E-state index is -3.89. The maximum absolute atomic E-state index is 12.3. The van der Waals surface area contributed by atoms with E-state index in [0.29, 0.717) is 5.69 Å². The predicted molar refractivity (Wildman–Crippen MR) is 78.4 cm³/mol. The molecule has 0 aliphatic carbocycles. The molecule has 20 heavy (non-hydrogen) atoms. The molecule has 0 saturated heterocycles. The second-order valence-corrected chi connectivity index (χ2v) is 7.24. The summed E-state index contributed by atoms with van der Waals surface area (Å²) in [5.74, 6) is -0.791. The van der Waals surface area contributed by atoms with Crippen molar-refractivity contribution in [2.45, 2.75) is 4.21 Å². The number of sulfonamides is 1. The molecule has 0 atom stereocenters. The van der Waals surface area contributed by atoms with E-state index in [1.807, 2.05) is 0 Å². The Balaban J connectivity index is 2.36. The van der Waals surface area contributed by atoms with Crippen LogP contribution in [0.2, 0.25) is 0 Å². The van der Waals surface area contributed by atoms with Crippen molar-refractivity contribution in [3.63, 3.8) is 0 Å². The number of anilines is 1. The number of halogens is 1. The van der Waals surface area contributed by atoms with Crippen molar-refractivity contribution in [2.75, 3.05) is 11.8 Å². The molecule has 0 aliphatic rings. The first-order valence-corrected chi connectivity index (χ1v) is 8.40. The number of ether oxygens (including phenoxy) is 1. The monoisotopic (exact) mass is 376 g/mol. The zero-order chi connectivity index (χ0) is 14.8. The van der Waals surface area contributed by atoms with E-state index < -0.39 is 16.0 Å². The third-order valence-electron chi connectivity index (χ3n) is 2.23. The molecule has 0 radical (unpaired) electrons. The van der Waals surface area contributed by atoms with Gasteiger partial charge in [-0.15, -0.1) is 11.3 Å². The minimum Gasteiger partial charge on any atom is -0.464 e. The summed E-state index contributed by atoms with van der Waals surface area (Å²) in [6.45, 7) is 0. The van der Waals surface area contributed by atoms with Gasteiger partial charge in [0.25, 0.3) is 10.0 Å². The second-order valence-electron chi connectivity index (χ2n) is 3.60. The van der Waals surface area contributed by atoms with E-state index in [1.54, 1.807) is 24.3 Å². The maximum Gasteiger partial charge on any atom is 0.358 e. The fourth-order valence-corrected chi connectivity index (χ4v) is 3.99. The van der Waals surface area contributed by atoms with Gasteiger partial charge in [0.2, 0.25) is 0 Å². The first-order chi connectivity index (χ1) is 9.44. The summed E-state index contributed by atoms with van der Waals surface area (Å²) in [5, 5.41) is 0. The van der Waals surface area contributed by atoms with Crippen LogP contribution in [0.4, 0.5) is 5.69 Å². The molecule has 0 spiro atoms. The molecule has 0 bridgehead atoms. The summed E-state index contributed by atoms with van der Waals surface area (Å²) in [4.78, 5) is 15.2. The van der Waals surface area contributed by atoms with Crippen molar-refractivity contribution >= 4 is 48.9 Å². The average Bonchev–Trinajstić information content (AvgIpc) is 2.87. The lowest BCUT2D eigenvalue weighted by Crippen LogP contribution is -2.16. The Hall–Kier alpha value is -1.45. The molecule has 9 heteroatoms. The van der Waals surface area contributed by atoms with Crippen LogP contribution in [0.1, 0.15) is 10.5 Å². The van der Waals surface area contributed by atoms with E-state index in [4.69, 9.17) is 0 Å². The van der Waals surface area contributed by atoms with Crippen LogP contribution < -0.4 is 4.72 Å². The number of hydrogen-bond donors (Lipinski definition) is 1. The summed E-state index contributed by atoms with van der Waals surface area (Å²) in [7, 11) is -2.72. The van der Waals surface area contributed by atoms with Crippen molar-refractivity contribution < 1.29 is 17.9 Å². The largest absolute Gasteiger partial charge is 0.464 e. The van der Waals surface area contributed by atoms with Gasteiger partial charge in [0.05, 0.1) is 12.6 Å². The zero-order valence-electron chi connectivity index (χ0n) is 10.2. The van der Waals surface area contributed by atoms with Crippen molar-refractivity contribution in [3.05, 3.63) is 39.9 Å². The SMILES string of the molecule is COC(=O)c1ncsc1S(=O)(=O)Nc1cccc(Br)c1. The fourth-order valence-electron chi connectivity index (χ4n) is 1.41. The highest BCUT2D eigenvalue weighted by Crippen LogP contribution is 2.24. The summed E-state index contributed by atoms with van der Waals surface area (Å²) >= 11 is 4.10. The van der Waals surface area contributed by atoms with Gasteiger partial charge in [0.1, 0.15) is 0 Å². The highest BCUT2D eigenvalue weighted by molar-refractivity contribution is 9.10. The zero-order valence-corrected chi connectivity index (χ0v) is 13.4. The minimum absolute atomic E-state index is 0.177. The van der Waals surface area contributed by atoms with Crippen LogP contribution in [0.25, 0.3) is 0 Å². The maximum atomic E-state index is 12.3. The summed E-state index contributed by atoms with van der Waals surface area (Å²) in [6.07, 6.45) is 0. The van der Waals surface area contributed by atoms with Gasteiger partial charge in [-0.3, -0.25) is 4.72 Å². The van der Waals surface area contributed by atoms with Crippen LogP contribution >= 0.6 is 27.3 Å². The normalized spacial score (nSPS) is 11.1. The highest BCUT2D eigenvalue weighted by Gasteiger charge is 2.26. The molecule has 106 valence electrons. The Kier molecular flexibility index (Phi) is 4.41. The fraction of sp³-hybridized carbons (Fsp3) is 0.0909. The third-order valence-corrected chi connectivity index (χ3v) is 5.48. The standard InChI is InChI=1S/C11H9BrN2O4S2/c1-18-10(15)9-11(19-6-13-9)20(16,17)14-8-4-2-3-7(12)5-8/h2-6,14H,1H3. The first kappa shape index (κ1) is 14.9. The molecule has 2 rings (SSSR count). The first-order valence-electron chi connectivity index (χ1n) is 5.24. The molecule has 0 amide bonds. The van der Waals surface area contributed by atoms with Gasteiger partial charge >= 0.3 is 5.97 Å². The number of nitrogens with zero attached hydrogens (tertiary/aromatic N) is 1. The third kappa shape index (κ3) is 3.17. The Morgan fingerprint density at radius 2 is 2.20 bits per heavy atom. The topological polar surface area (TPSA) is 85.4 Å². The number of aromatic nitrogens is 1.